The van der Waals surface area contributed by atoms with E-state index in [-0.39, 0.29) is 11.6 Å². The Labute approximate surface area is 153 Å². The minimum atomic E-state index is -0.958. The zero-order valence-electron chi connectivity index (χ0n) is 15.3. The summed E-state index contributed by atoms with van der Waals surface area (Å²) in [5, 5.41) is 11.7. The van der Waals surface area contributed by atoms with Crippen LogP contribution in [0.15, 0.2) is 36.7 Å². The van der Waals surface area contributed by atoms with Crippen molar-refractivity contribution in [2.24, 2.45) is 0 Å². The van der Waals surface area contributed by atoms with Crippen molar-refractivity contribution in [3.05, 3.63) is 53.6 Å². The number of nitrogens with one attached hydrogen (secondary N) is 1. The van der Waals surface area contributed by atoms with Gasteiger partial charge in [-0.25, -0.2) is 14.6 Å². The Balaban J connectivity index is 1.73. The van der Waals surface area contributed by atoms with E-state index >= 15 is 0 Å². The van der Waals surface area contributed by atoms with Gasteiger partial charge >= 0.3 is 12.0 Å². The van der Waals surface area contributed by atoms with Gasteiger partial charge in [-0.2, -0.15) is 0 Å². The van der Waals surface area contributed by atoms with Crippen LogP contribution in [0.25, 0.3) is 0 Å². The molecule has 0 spiro atoms. The van der Waals surface area contributed by atoms with Crippen LogP contribution in [-0.4, -0.2) is 45.2 Å². The van der Waals surface area contributed by atoms with Crippen LogP contribution in [0.1, 0.15) is 41.5 Å². The number of hydrogen-bond donors (Lipinski definition) is 2. The number of benzene rings is 1. The first-order chi connectivity index (χ1) is 12.5. The number of carboxylic acid groups (broad SMARTS) is 1. The number of aryl methyl sites for hydroxylation is 2. The molecule has 7 nitrogen and oxygen atoms in total. The predicted molar refractivity (Wildman–Crippen MR) is 99.1 cm³/mol. The summed E-state index contributed by atoms with van der Waals surface area (Å²) >= 11 is 0. The van der Waals surface area contributed by atoms with Crippen LogP contribution in [0.4, 0.5) is 4.79 Å². The van der Waals surface area contributed by atoms with Gasteiger partial charge in [0.2, 0.25) is 0 Å². The van der Waals surface area contributed by atoms with Crippen LogP contribution in [0.2, 0.25) is 0 Å². The number of amides is 2. The molecular formula is C19H26N4O3. The molecule has 1 heterocycles. The number of aromatic carboxylic acids is 1. The molecule has 2 amide bonds. The van der Waals surface area contributed by atoms with Crippen LogP contribution in [0.5, 0.6) is 0 Å². The molecule has 2 N–H and O–H groups in total. The monoisotopic (exact) mass is 358 g/mol. The Hall–Kier alpha value is -2.83. The Morgan fingerprint density at radius 1 is 1.27 bits per heavy atom. The second-order valence-electron chi connectivity index (χ2n) is 6.22. The fourth-order valence-corrected chi connectivity index (χ4v) is 2.67. The third-order valence-corrected chi connectivity index (χ3v) is 4.15. The van der Waals surface area contributed by atoms with E-state index in [1.54, 1.807) is 24.1 Å². The van der Waals surface area contributed by atoms with Crippen molar-refractivity contribution in [3.63, 3.8) is 0 Å². The van der Waals surface area contributed by atoms with Crippen molar-refractivity contribution in [2.75, 3.05) is 13.6 Å². The molecule has 1 aromatic carbocycles. The average molecular weight is 358 g/mol. The second-order valence-corrected chi connectivity index (χ2v) is 6.22. The van der Waals surface area contributed by atoms with Crippen molar-refractivity contribution < 1.29 is 14.7 Å². The summed E-state index contributed by atoms with van der Waals surface area (Å²) in [5.41, 5.74) is 1.09. The minimum Gasteiger partial charge on any atom is -0.478 e. The normalized spacial score (nSPS) is 10.5. The van der Waals surface area contributed by atoms with E-state index in [1.807, 2.05) is 12.4 Å². The van der Waals surface area contributed by atoms with E-state index < -0.39 is 5.97 Å². The number of rotatable bonds is 9. The van der Waals surface area contributed by atoms with Gasteiger partial charge in [0.25, 0.3) is 0 Å². The highest BCUT2D eigenvalue weighted by Crippen LogP contribution is 2.06. The summed E-state index contributed by atoms with van der Waals surface area (Å²) in [4.78, 5) is 29.0. The van der Waals surface area contributed by atoms with Crippen LogP contribution in [0, 0.1) is 0 Å². The molecule has 2 rings (SSSR count). The summed E-state index contributed by atoms with van der Waals surface area (Å²) in [7, 11) is 1.77. The molecule has 26 heavy (non-hydrogen) atoms. The third kappa shape index (κ3) is 5.61. The van der Waals surface area contributed by atoms with Gasteiger partial charge < -0.3 is 19.9 Å². The highest BCUT2D eigenvalue weighted by molar-refractivity contribution is 5.87. The van der Waals surface area contributed by atoms with Gasteiger partial charge in [-0.3, -0.25) is 0 Å². The second kappa shape index (κ2) is 9.60. The Kier molecular flexibility index (Phi) is 7.20. The molecule has 0 saturated carbocycles. The zero-order chi connectivity index (χ0) is 18.9. The molecular weight excluding hydrogens is 332 g/mol. The Bertz CT molecular complexity index is 725. The largest absolute Gasteiger partial charge is 0.478 e. The number of nitrogens with zero attached hydrogens (tertiary/aromatic N) is 3. The number of carbonyl (C=O) groups excluding carboxylic acids is 1. The molecule has 0 atom stereocenters. The van der Waals surface area contributed by atoms with E-state index in [0.717, 1.165) is 37.2 Å². The molecule has 0 aliphatic heterocycles. The van der Waals surface area contributed by atoms with E-state index in [0.29, 0.717) is 13.1 Å². The first kappa shape index (κ1) is 19.5. The van der Waals surface area contributed by atoms with Crippen molar-refractivity contribution in [3.8, 4) is 0 Å². The standard InChI is InChI=1S/C19H26N4O3/c1-3-11-23-13-10-20-17(23)5-4-12-22(2)19(26)21-14-15-6-8-16(9-7-15)18(24)25/h6-10,13H,3-5,11-12,14H2,1-2H3,(H,21,26)(H,24,25). The number of carboxylic acids is 1. The maximum atomic E-state index is 12.2. The number of hydrogen-bond acceptors (Lipinski definition) is 3. The van der Waals surface area contributed by atoms with Crippen LogP contribution in [-0.2, 0) is 19.5 Å². The average Bonchev–Trinajstić information content (AvgIpc) is 3.07. The smallest absolute Gasteiger partial charge is 0.335 e. The maximum absolute atomic E-state index is 12.2. The molecule has 0 fully saturated rings. The van der Waals surface area contributed by atoms with Crippen molar-refractivity contribution in [1.29, 1.82) is 0 Å². The fourth-order valence-electron chi connectivity index (χ4n) is 2.67. The molecule has 2 aromatic rings. The third-order valence-electron chi connectivity index (χ3n) is 4.15. The van der Waals surface area contributed by atoms with Crippen molar-refractivity contribution in [1.82, 2.24) is 19.8 Å². The van der Waals surface area contributed by atoms with Gasteiger partial charge in [-0.1, -0.05) is 19.1 Å². The lowest BCUT2D eigenvalue weighted by Crippen LogP contribution is -2.37. The van der Waals surface area contributed by atoms with Crippen LogP contribution >= 0.6 is 0 Å². The molecule has 0 radical (unpaired) electrons. The van der Waals surface area contributed by atoms with Gasteiger partial charge in [-0.15, -0.1) is 0 Å². The molecule has 1 aromatic heterocycles. The lowest BCUT2D eigenvalue weighted by molar-refractivity contribution is 0.0697. The van der Waals surface area contributed by atoms with Crippen molar-refractivity contribution >= 4 is 12.0 Å². The number of urea groups is 1. The van der Waals surface area contributed by atoms with Crippen molar-refractivity contribution in [2.45, 2.75) is 39.3 Å². The molecule has 0 saturated heterocycles. The van der Waals surface area contributed by atoms with Crippen LogP contribution < -0.4 is 5.32 Å². The van der Waals surface area contributed by atoms with Gasteiger partial charge in [-0.05, 0) is 30.5 Å². The lowest BCUT2D eigenvalue weighted by Gasteiger charge is -2.18. The molecule has 0 aliphatic carbocycles. The van der Waals surface area contributed by atoms with Gasteiger partial charge in [0.05, 0.1) is 5.56 Å². The number of aromatic nitrogens is 2. The molecule has 0 aliphatic rings. The minimum absolute atomic E-state index is 0.149. The van der Waals surface area contributed by atoms with E-state index in [9.17, 15) is 9.59 Å². The lowest BCUT2D eigenvalue weighted by atomic mass is 10.1. The Morgan fingerprint density at radius 3 is 2.65 bits per heavy atom. The summed E-state index contributed by atoms with van der Waals surface area (Å²) in [6, 6.07) is 6.33. The van der Waals surface area contributed by atoms with Gasteiger partial charge in [0.15, 0.2) is 0 Å². The highest BCUT2D eigenvalue weighted by Gasteiger charge is 2.09. The molecule has 140 valence electrons. The quantitative estimate of drug-likeness (QED) is 0.721. The maximum Gasteiger partial charge on any atom is 0.335 e. The summed E-state index contributed by atoms with van der Waals surface area (Å²) in [5.74, 6) is 0.0964. The van der Waals surface area contributed by atoms with Crippen LogP contribution in [0.3, 0.4) is 0 Å². The summed E-state index contributed by atoms with van der Waals surface area (Å²) < 4.78 is 2.15. The molecule has 7 heteroatoms. The summed E-state index contributed by atoms with van der Waals surface area (Å²) in [6.45, 7) is 4.11. The topological polar surface area (TPSA) is 87.5 Å². The fraction of sp³-hybridized carbons (Fsp3) is 0.421. The number of imidazole rings is 1. The van der Waals surface area contributed by atoms with Gasteiger partial charge in [0, 0.05) is 45.5 Å². The first-order valence-electron chi connectivity index (χ1n) is 8.82. The highest BCUT2D eigenvalue weighted by atomic mass is 16.4. The van der Waals surface area contributed by atoms with E-state index in [4.69, 9.17) is 5.11 Å². The summed E-state index contributed by atoms with van der Waals surface area (Å²) in [6.07, 6.45) is 6.56. The van der Waals surface area contributed by atoms with E-state index in [1.165, 1.54) is 12.1 Å². The molecule has 0 bridgehead atoms. The first-order valence-corrected chi connectivity index (χ1v) is 8.82. The number of carbonyl (C=O) groups is 2. The zero-order valence-corrected chi connectivity index (χ0v) is 15.3. The molecule has 0 unspecified atom stereocenters. The van der Waals surface area contributed by atoms with E-state index in [2.05, 4.69) is 21.8 Å². The SMILES string of the molecule is CCCn1ccnc1CCCN(C)C(=O)NCc1ccc(C(=O)O)cc1. The predicted octanol–water partition coefficient (Wildman–Crippen LogP) is 2.77. The van der Waals surface area contributed by atoms with Gasteiger partial charge in [0.1, 0.15) is 5.82 Å². The Morgan fingerprint density at radius 2 is 2.00 bits per heavy atom.